The first-order valence-corrected chi connectivity index (χ1v) is 7.21. The van der Waals surface area contributed by atoms with Gasteiger partial charge in [-0.15, -0.1) is 11.3 Å². The molecule has 0 bridgehead atoms. The molecule has 19 heavy (non-hydrogen) atoms. The second-order valence-corrected chi connectivity index (χ2v) is 6.02. The van der Waals surface area contributed by atoms with Gasteiger partial charge in [0.1, 0.15) is 5.00 Å². The summed E-state index contributed by atoms with van der Waals surface area (Å²) in [6.07, 6.45) is 0. The zero-order valence-corrected chi connectivity index (χ0v) is 11.4. The number of thiophene rings is 1. The molecular weight excluding hydrogens is 250 g/mol. The predicted molar refractivity (Wildman–Crippen MR) is 83.4 cm³/mol. The summed E-state index contributed by atoms with van der Waals surface area (Å²) in [6.45, 7) is 2.15. The average molecular weight is 263 g/mol. The molecule has 2 aromatic heterocycles. The van der Waals surface area contributed by atoms with Crippen LogP contribution in [-0.2, 0) is 0 Å². The molecule has 1 nitrogen and oxygen atoms in total. The summed E-state index contributed by atoms with van der Waals surface area (Å²) in [5.74, 6) is 0. The lowest BCUT2D eigenvalue weighted by molar-refractivity contribution is 1.22. The number of aryl methyl sites for hydroxylation is 1. The lowest BCUT2D eigenvalue weighted by Gasteiger charge is -2.03. The molecule has 2 heterocycles. The number of hydrogen-bond donors (Lipinski definition) is 0. The molecule has 2 aromatic carbocycles. The molecule has 0 radical (unpaired) electrons. The molecular formula is C17H13NS. The standard InChI is InChI=1S/C17H13NS/c1-12-10-11-17(19-12)18-15-8-4-2-6-13(15)14-7-3-5-9-16(14)18/h2-11H,1H3. The topological polar surface area (TPSA) is 4.93 Å². The highest BCUT2D eigenvalue weighted by atomic mass is 32.1. The van der Waals surface area contributed by atoms with Gasteiger partial charge >= 0.3 is 0 Å². The van der Waals surface area contributed by atoms with Crippen molar-refractivity contribution in [1.29, 1.82) is 0 Å². The smallest absolute Gasteiger partial charge is 0.100 e. The summed E-state index contributed by atoms with van der Waals surface area (Å²) >= 11 is 1.84. The van der Waals surface area contributed by atoms with E-state index in [1.54, 1.807) is 0 Å². The molecule has 0 N–H and O–H groups in total. The first-order valence-electron chi connectivity index (χ1n) is 6.39. The van der Waals surface area contributed by atoms with Gasteiger partial charge in [-0.2, -0.15) is 0 Å². The molecule has 4 aromatic rings. The number of rotatable bonds is 1. The molecule has 0 aliphatic carbocycles. The average Bonchev–Trinajstić information content (AvgIpc) is 3.00. The Hall–Kier alpha value is -2.06. The number of benzene rings is 2. The Morgan fingerprint density at radius 2 is 1.32 bits per heavy atom. The van der Waals surface area contributed by atoms with Gasteiger partial charge in [0.15, 0.2) is 0 Å². The van der Waals surface area contributed by atoms with Crippen LogP contribution < -0.4 is 0 Å². The molecule has 0 atom stereocenters. The lowest BCUT2D eigenvalue weighted by atomic mass is 10.2. The van der Waals surface area contributed by atoms with Crippen LogP contribution in [0.2, 0.25) is 0 Å². The first kappa shape index (κ1) is 10.8. The summed E-state index contributed by atoms with van der Waals surface area (Å²) in [5, 5.41) is 3.93. The van der Waals surface area contributed by atoms with Gasteiger partial charge < -0.3 is 4.57 Å². The maximum absolute atomic E-state index is 2.36. The van der Waals surface area contributed by atoms with Crippen LogP contribution in [-0.4, -0.2) is 4.57 Å². The van der Waals surface area contributed by atoms with Gasteiger partial charge in [0.2, 0.25) is 0 Å². The van der Waals surface area contributed by atoms with Gasteiger partial charge in [-0.25, -0.2) is 0 Å². The normalized spacial score (nSPS) is 11.4. The van der Waals surface area contributed by atoms with Crippen molar-refractivity contribution >= 4 is 33.1 Å². The van der Waals surface area contributed by atoms with Crippen LogP contribution in [0.25, 0.3) is 26.8 Å². The van der Waals surface area contributed by atoms with E-state index in [9.17, 15) is 0 Å². The Morgan fingerprint density at radius 1 is 0.737 bits per heavy atom. The third kappa shape index (κ3) is 1.53. The van der Waals surface area contributed by atoms with E-state index in [2.05, 4.69) is 72.2 Å². The first-order chi connectivity index (χ1) is 9.34. The monoisotopic (exact) mass is 263 g/mol. The summed E-state index contributed by atoms with van der Waals surface area (Å²) in [6, 6.07) is 21.6. The largest absolute Gasteiger partial charge is 0.301 e. The number of para-hydroxylation sites is 2. The fourth-order valence-electron chi connectivity index (χ4n) is 2.70. The van der Waals surface area contributed by atoms with Crippen LogP contribution in [0, 0.1) is 6.92 Å². The molecule has 0 aliphatic rings. The third-order valence-electron chi connectivity index (χ3n) is 3.53. The minimum atomic E-state index is 1.28. The van der Waals surface area contributed by atoms with Gasteiger partial charge in [-0.1, -0.05) is 36.4 Å². The molecule has 0 saturated carbocycles. The Labute approximate surface area is 115 Å². The number of hydrogen-bond acceptors (Lipinski definition) is 1. The van der Waals surface area contributed by atoms with Gasteiger partial charge in [0.25, 0.3) is 0 Å². The minimum absolute atomic E-state index is 1.28. The van der Waals surface area contributed by atoms with E-state index in [4.69, 9.17) is 0 Å². The minimum Gasteiger partial charge on any atom is -0.301 e. The lowest BCUT2D eigenvalue weighted by Crippen LogP contribution is -1.89. The van der Waals surface area contributed by atoms with Crippen molar-refractivity contribution in [2.75, 3.05) is 0 Å². The molecule has 0 fully saturated rings. The van der Waals surface area contributed by atoms with Gasteiger partial charge in [0, 0.05) is 15.6 Å². The SMILES string of the molecule is Cc1ccc(-n2c3ccccc3c3ccccc32)s1. The van der Waals surface area contributed by atoms with Crippen LogP contribution in [0.15, 0.2) is 60.7 Å². The van der Waals surface area contributed by atoms with Crippen molar-refractivity contribution in [3.63, 3.8) is 0 Å². The van der Waals surface area contributed by atoms with Crippen molar-refractivity contribution in [1.82, 2.24) is 4.57 Å². The summed E-state index contributed by atoms with van der Waals surface area (Å²) in [4.78, 5) is 1.34. The highest BCUT2D eigenvalue weighted by Gasteiger charge is 2.11. The number of fused-ring (bicyclic) bond motifs is 3. The molecule has 0 amide bonds. The van der Waals surface area contributed by atoms with Crippen molar-refractivity contribution in [2.45, 2.75) is 6.92 Å². The number of aromatic nitrogens is 1. The van der Waals surface area contributed by atoms with Crippen molar-refractivity contribution in [2.24, 2.45) is 0 Å². The van der Waals surface area contributed by atoms with Gasteiger partial charge in [-0.3, -0.25) is 0 Å². The molecule has 0 saturated heterocycles. The van der Waals surface area contributed by atoms with Crippen molar-refractivity contribution in [3.05, 3.63) is 65.5 Å². The maximum atomic E-state index is 2.36. The van der Waals surface area contributed by atoms with Crippen LogP contribution in [0.3, 0.4) is 0 Å². The molecule has 0 aliphatic heterocycles. The second kappa shape index (κ2) is 3.97. The highest BCUT2D eigenvalue weighted by Crippen LogP contribution is 2.33. The van der Waals surface area contributed by atoms with Crippen LogP contribution in [0.1, 0.15) is 4.88 Å². The Kier molecular flexibility index (Phi) is 2.26. The zero-order valence-electron chi connectivity index (χ0n) is 10.6. The van der Waals surface area contributed by atoms with E-state index >= 15 is 0 Å². The van der Waals surface area contributed by atoms with E-state index < -0.39 is 0 Å². The summed E-state index contributed by atoms with van der Waals surface area (Å²) < 4.78 is 2.36. The quantitative estimate of drug-likeness (QED) is 0.447. The fraction of sp³-hybridized carbons (Fsp3) is 0.0588. The van der Waals surface area contributed by atoms with Gasteiger partial charge in [0.05, 0.1) is 11.0 Å². The number of nitrogens with zero attached hydrogens (tertiary/aromatic N) is 1. The van der Waals surface area contributed by atoms with Gasteiger partial charge in [-0.05, 0) is 31.2 Å². The summed E-state index contributed by atoms with van der Waals surface area (Å²) in [7, 11) is 0. The molecule has 0 spiro atoms. The van der Waals surface area contributed by atoms with E-state index in [0.29, 0.717) is 0 Å². The highest BCUT2D eigenvalue weighted by molar-refractivity contribution is 7.14. The predicted octanol–water partition coefficient (Wildman–Crippen LogP) is 5.15. The van der Waals surface area contributed by atoms with E-state index in [1.807, 2.05) is 11.3 Å². The van der Waals surface area contributed by atoms with Crippen molar-refractivity contribution < 1.29 is 0 Å². The Bertz CT molecular complexity index is 829. The molecule has 0 unspecified atom stereocenters. The van der Waals surface area contributed by atoms with E-state index in [0.717, 1.165) is 0 Å². The second-order valence-electron chi connectivity index (χ2n) is 4.75. The van der Waals surface area contributed by atoms with Crippen LogP contribution in [0.4, 0.5) is 0 Å². The maximum Gasteiger partial charge on any atom is 0.100 e. The van der Waals surface area contributed by atoms with E-state index in [-0.39, 0.29) is 0 Å². The van der Waals surface area contributed by atoms with Crippen LogP contribution >= 0.6 is 11.3 Å². The van der Waals surface area contributed by atoms with Crippen molar-refractivity contribution in [3.8, 4) is 5.00 Å². The molecule has 92 valence electrons. The van der Waals surface area contributed by atoms with E-state index in [1.165, 1.54) is 31.7 Å². The third-order valence-corrected chi connectivity index (χ3v) is 4.51. The molecule has 2 heteroatoms. The molecule has 4 rings (SSSR count). The summed E-state index contributed by atoms with van der Waals surface area (Å²) in [5.41, 5.74) is 2.57. The fourth-order valence-corrected chi connectivity index (χ4v) is 3.59. The Balaban J connectivity index is 2.23. The Morgan fingerprint density at radius 3 is 1.84 bits per heavy atom. The zero-order chi connectivity index (χ0) is 12.8. The van der Waals surface area contributed by atoms with Crippen LogP contribution in [0.5, 0.6) is 0 Å².